The van der Waals surface area contributed by atoms with Crippen molar-refractivity contribution in [3.63, 3.8) is 0 Å². The first-order valence-corrected chi connectivity index (χ1v) is 9.18. The molecule has 1 unspecified atom stereocenters. The number of amides is 1. The minimum absolute atomic E-state index is 0.0117. The maximum atomic E-state index is 12.6. The lowest BCUT2D eigenvalue weighted by Gasteiger charge is -2.15. The molecule has 0 spiro atoms. The minimum Gasteiger partial charge on any atom is -0.478 e. The number of aromatic carboxylic acids is 1. The van der Waals surface area contributed by atoms with Crippen molar-refractivity contribution in [2.75, 3.05) is 5.32 Å². The highest BCUT2D eigenvalue weighted by Gasteiger charge is 2.27. The van der Waals surface area contributed by atoms with Crippen LogP contribution in [0.15, 0.2) is 29.2 Å². The van der Waals surface area contributed by atoms with Gasteiger partial charge in [-0.3, -0.25) is 9.48 Å². The first-order chi connectivity index (χ1) is 12.0. The number of hydrogen-bond acceptors (Lipinski definition) is 5. The van der Waals surface area contributed by atoms with Crippen LogP contribution in [-0.2, 0) is 21.9 Å². The highest BCUT2D eigenvalue weighted by atomic mass is 32.2. The molecule has 0 radical (unpaired) electrons. The Balaban J connectivity index is 2.16. The maximum absolute atomic E-state index is 12.6. The van der Waals surface area contributed by atoms with Crippen LogP contribution < -0.4 is 10.0 Å². The number of aryl methyl sites for hydroxylation is 2. The van der Waals surface area contributed by atoms with Gasteiger partial charge in [0.1, 0.15) is 4.90 Å². The van der Waals surface area contributed by atoms with Gasteiger partial charge in [-0.2, -0.15) is 9.82 Å². The second kappa shape index (κ2) is 7.26. The maximum Gasteiger partial charge on any atom is 0.335 e. The van der Waals surface area contributed by atoms with E-state index in [2.05, 4.69) is 15.1 Å². The number of benzene rings is 1. The number of anilines is 1. The van der Waals surface area contributed by atoms with Gasteiger partial charge in [0.25, 0.3) is 0 Å². The quantitative estimate of drug-likeness (QED) is 0.686. The van der Waals surface area contributed by atoms with Crippen LogP contribution in [0.3, 0.4) is 0 Å². The van der Waals surface area contributed by atoms with Gasteiger partial charge in [-0.1, -0.05) is 6.07 Å². The van der Waals surface area contributed by atoms with Gasteiger partial charge < -0.3 is 10.4 Å². The molecule has 0 fully saturated rings. The molecule has 0 bridgehead atoms. The van der Waals surface area contributed by atoms with Crippen molar-refractivity contribution in [1.82, 2.24) is 14.5 Å². The van der Waals surface area contributed by atoms with E-state index in [0.29, 0.717) is 11.4 Å². The summed E-state index contributed by atoms with van der Waals surface area (Å²) < 4.78 is 28.9. The molecule has 2 rings (SSSR count). The average Bonchev–Trinajstić information content (AvgIpc) is 2.80. The van der Waals surface area contributed by atoms with Gasteiger partial charge in [0.15, 0.2) is 0 Å². The zero-order valence-corrected chi connectivity index (χ0v) is 15.6. The van der Waals surface area contributed by atoms with Crippen LogP contribution in [0.25, 0.3) is 0 Å². The Morgan fingerprint density at radius 2 is 1.92 bits per heavy atom. The monoisotopic (exact) mass is 380 g/mol. The summed E-state index contributed by atoms with van der Waals surface area (Å²) in [5.74, 6) is -1.74. The van der Waals surface area contributed by atoms with Crippen LogP contribution >= 0.6 is 0 Å². The number of sulfonamides is 1. The zero-order chi connectivity index (χ0) is 19.6. The number of nitrogens with one attached hydrogen (secondary N) is 2. The third-order valence-electron chi connectivity index (χ3n) is 3.81. The van der Waals surface area contributed by atoms with E-state index < -0.39 is 27.9 Å². The van der Waals surface area contributed by atoms with Crippen LogP contribution in [0, 0.1) is 13.8 Å². The molecule has 26 heavy (non-hydrogen) atoms. The molecular weight excluding hydrogens is 360 g/mol. The number of nitrogens with zero attached hydrogens (tertiary/aromatic N) is 2. The van der Waals surface area contributed by atoms with Crippen molar-refractivity contribution in [2.45, 2.75) is 31.7 Å². The second-order valence-corrected chi connectivity index (χ2v) is 7.49. The zero-order valence-electron chi connectivity index (χ0n) is 14.8. The topological polar surface area (TPSA) is 130 Å². The molecule has 0 saturated heterocycles. The molecule has 0 aliphatic heterocycles. The van der Waals surface area contributed by atoms with Gasteiger partial charge in [-0.15, -0.1) is 0 Å². The predicted molar refractivity (Wildman–Crippen MR) is 94.5 cm³/mol. The fourth-order valence-corrected chi connectivity index (χ4v) is 4.11. The highest BCUT2D eigenvalue weighted by Crippen LogP contribution is 2.19. The van der Waals surface area contributed by atoms with Crippen LogP contribution in [0.1, 0.15) is 28.7 Å². The number of rotatable bonds is 6. The molecule has 1 amide bonds. The molecular formula is C16H20N4O5S. The smallest absolute Gasteiger partial charge is 0.335 e. The summed E-state index contributed by atoms with van der Waals surface area (Å²) in [6.07, 6.45) is 0. The normalized spacial score (nSPS) is 12.6. The van der Waals surface area contributed by atoms with Crippen LogP contribution in [0.5, 0.6) is 0 Å². The molecule has 0 aliphatic carbocycles. The Kier molecular flexibility index (Phi) is 5.47. The van der Waals surface area contributed by atoms with E-state index >= 15 is 0 Å². The molecule has 140 valence electrons. The minimum atomic E-state index is -3.95. The lowest BCUT2D eigenvalue weighted by molar-refractivity contribution is -0.117. The summed E-state index contributed by atoms with van der Waals surface area (Å²) in [5.41, 5.74) is 1.06. The van der Waals surface area contributed by atoms with E-state index in [1.165, 1.54) is 35.9 Å². The Morgan fingerprint density at radius 1 is 1.27 bits per heavy atom. The van der Waals surface area contributed by atoms with Gasteiger partial charge in [0.05, 0.1) is 23.0 Å². The summed E-state index contributed by atoms with van der Waals surface area (Å²) in [5, 5.41) is 15.5. The number of carboxylic acids is 1. The summed E-state index contributed by atoms with van der Waals surface area (Å²) in [6, 6.07) is 4.60. The van der Waals surface area contributed by atoms with Gasteiger partial charge >= 0.3 is 5.97 Å². The molecule has 0 saturated carbocycles. The number of carboxylic acid groups (broad SMARTS) is 1. The molecule has 1 aromatic carbocycles. The highest BCUT2D eigenvalue weighted by molar-refractivity contribution is 7.89. The van der Waals surface area contributed by atoms with Crippen LogP contribution in [-0.4, -0.2) is 41.2 Å². The lowest BCUT2D eigenvalue weighted by Crippen LogP contribution is -2.41. The van der Waals surface area contributed by atoms with Crippen LogP contribution in [0.2, 0.25) is 0 Å². The summed E-state index contributed by atoms with van der Waals surface area (Å²) in [4.78, 5) is 23.3. The van der Waals surface area contributed by atoms with Crippen molar-refractivity contribution in [3.8, 4) is 0 Å². The number of carbonyl (C=O) groups is 2. The molecule has 1 aromatic heterocycles. The Hall–Kier alpha value is -2.72. The van der Waals surface area contributed by atoms with Crippen molar-refractivity contribution in [1.29, 1.82) is 0 Å². The summed E-state index contributed by atoms with van der Waals surface area (Å²) in [7, 11) is -2.32. The number of hydrogen-bond donors (Lipinski definition) is 3. The Morgan fingerprint density at radius 3 is 2.46 bits per heavy atom. The number of carbonyl (C=O) groups excluding carboxylic acids is 1. The molecule has 1 heterocycles. The first kappa shape index (κ1) is 19.6. The largest absolute Gasteiger partial charge is 0.478 e. The molecule has 9 nitrogen and oxygen atoms in total. The van der Waals surface area contributed by atoms with E-state index in [9.17, 15) is 18.0 Å². The second-order valence-electron chi connectivity index (χ2n) is 5.84. The lowest BCUT2D eigenvalue weighted by atomic mass is 10.2. The molecule has 2 aromatic rings. The van der Waals surface area contributed by atoms with Gasteiger partial charge in [0.2, 0.25) is 15.9 Å². The van der Waals surface area contributed by atoms with Crippen molar-refractivity contribution < 1.29 is 23.1 Å². The van der Waals surface area contributed by atoms with E-state index in [0.717, 1.165) is 0 Å². The van der Waals surface area contributed by atoms with E-state index in [1.807, 2.05) is 0 Å². The fourth-order valence-electron chi connectivity index (χ4n) is 2.47. The standard InChI is InChI=1S/C16H20N4O5S/c1-9-14(11(3)20(4)18-9)26(24,25)19-10(2)15(21)17-13-7-5-6-12(8-13)16(22)23/h5-8,10,19H,1-4H3,(H,17,21)(H,22,23). The molecule has 10 heteroatoms. The van der Waals surface area contributed by atoms with Gasteiger partial charge in [0, 0.05) is 12.7 Å². The van der Waals surface area contributed by atoms with E-state index in [4.69, 9.17) is 5.11 Å². The van der Waals surface area contributed by atoms with E-state index in [-0.39, 0.29) is 16.1 Å². The Labute approximate surface area is 151 Å². The van der Waals surface area contributed by atoms with Gasteiger partial charge in [-0.25, -0.2) is 13.2 Å². The molecule has 0 aliphatic rings. The summed E-state index contributed by atoms with van der Waals surface area (Å²) in [6.45, 7) is 4.59. The van der Waals surface area contributed by atoms with E-state index in [1.54, 1.807) is 20.9 Å². The molecule has 3 N–H and O–H groups in total. The number of aromatic nitrogens is 2. The predicted octanol–water partition coefficient (Wildman–Crippen LogP) is 1.04. The first-order valence-electron chi connectivity index (χ1n) is 7.69. The average molecular weight is 380 g/mol. The van der Waals surface area contributed by atoms with Gasteiger partial charge in [-0.05, 0) is 39.0 Å². The summed E-state index contributed by atoms with van der Waals surface area (Å²) >= 11 is 0. The Bertz CT molecular complexity index is 965. The third kappa shape index (κ3) is 4.09. The third-order valence-corrected chi connectivity index (χ3v) is 5.61. The van der Waals surface area contributed by atoms with Crippen molar-refractivity contribution >= 4 is 27.6 Å². The molecule has 1 atom stereocenters. The van der Waals surface area contributed by atoms with Crippen LogP contribution in [0.4, 0.5) is 5.69 Å². The van der Waals surface area contributed by atoms with Crippen molar-refractivity contribution in [2.24, 2.45) is 7.05 Å². The fraction of sp³-hybridized carbons (Fsp3) is 0.312. The van der Waals surface area contributed by atoms with Crippen molar-refractivity contribution in [3.05, 3.63) is 41.2 Å². The SMILES string of the molecule is Cc1nn(C)c(C)c1S(=O)(=O)NC(C)C(=O)Nc1cccc(C(=O)O)c1.